The van der Waals surface area contributed by atoms with Gasteiger partial charge in [-0.3, -0.25) is 19.5 Å². The van der Waals surface area contributed by atoms with Crippen LogP contribution in [-0.2, 0) is 15.1 Å². The molecule has 0 spiro atoms. The standard InChI is InChI=1S/C20H21N3O6/c1-19(2,3)18(26)21-10-20-9-8-13(29-20)14-15(20)17(25)22(16(14)24)11-4-6-12(7-5-11)23(27)28/h4-9,13,24-25H,10H2,1-3H3,(H,21,26). The molecule has 29 heavy (non-hydrogen) atoms. The summed E-state index contributed by atoms with van der Waals surface area (Å²) in [6.07, 6.45) is 2.98. The predicted octanol–water partition coefficient (Wildman–Crippen LogP) is 2.80. The fourth-order valence-electron chi connectivity index (χ4n) is 3.73. The lowest BCUT2D eigenvalue weighted by molar-refractivity contribution is -0.384. The summed E-state index contributed by atoms with van der Waals surface area (Å²) < 4.78 is 7.21. The first-order valence-electron chi connectivity index (χ1n) is 9.12. The van der Waals surface area contributed by atoms with Crippen molar-refractivity contribution in [1.29, 1.82) is 0 Å². The maximum atomic E-state index is 12.3. The van der Waals surface area contributed by atoms with Gasteiger partial charge in [0, 0.05) is 17.5 Å². The third kappa shape index (κ3) is 2.77. The van der Waals surface area contributed by atoms with E-state index in [-0.39, 0.29) is 29.9 Å². The van der Waals surface area contributed by atoms with E-state index in [4.69, 9.17) is 4.74 Å². The number of aromatic hydroxyl groups is 2. The van der Waals surface area contributed by atoms with Gasteiger partial charge in [0.15, 0.2) is 0 Å². The van der Waals surface area contributed by atoms with Gasteiger partial charge in [-0.25, -0.2) is 0 Å². The Balaban J connectivity index is 1.73. The molecular weight excluding hydrogens is 378 g/mol. The first-order valence-corrected chi connectivity index (χ1v) is 9.12. The van der Waals surface area contributed by atoms with Crippen LogP contribution in [-0.4, -0.2) is 32.2 Å². The van der Waals surface area contributed by atoms with Crippen LogP contribution in [0, 0.1) is 15.5 Å². The molecule has 3 heterocycles. The summed E-state index contributed by atoms with van der Waals surface area (Å²) in [6, 6.07) is 5.47. The van der Waals surface area contributed by atoms with Gasteiger partial charge in [-0.05, 0) is 18.2 Å². The Morgan fingerprint density at radius 2 is 1.93 bits per heavy atom. The first kappa shape index (κ1) is 19.0. The number of carbonyl (C=O) groups is 1. The van der Waals surface area contributed by atoms with Crippen molar-refractivity contribution in [1.82, 2.24) is 9.88 Å². The van der Waals surface area contributed by atoms with Gasteiger partial charge in [0.25, 0.3) is 5.69 Å². The summed E-state index contributed by atoms with van der Waals surface area (Å²) in [5.41, 5.74) is -0.598. The Morgan fingerprint density at radius 1 is 1.28 bits per heavy atom. The molecule has 0 saturated heterocycles. The summed E-state index contributed by atoms with van der Waals surface area (Å²) in [6.45, 7) is 5.48. The van der Waals surface area contributed by atoms with Gasteiger partial charge in [-0.15, -0.1) is 0 Å². The molecule has 2 aliphatic heterocycles. The summed E-state index contributed by atoms with van der Waals surface area (Å²) in [4.78, 5) is 22.7. The van der Waals surface area contributed by atoms with Crippen LogP contribution in [0.25, 0.3) is 5.69 Å². The van der Waals surface area contributed by atoms with E-state index >= 15 is 0 Å². The van der Waals surface area contributed by atoms with Crippen molar-refractivity contribution in [3.8, 4) is 17.4 Å². The Labute approximate surface area is 166 Å². The largest absolute Gasteiger partial charge is 0.494 e. The Bertz CT molecular complexity index is 1050. The molecule has 3 N–H and O–H groups in total. The van der Waals surface area contributed by atoms with E-state index in [1.807, 2.05) is 0 Å². The number of nitro benzene ring substituents is 1. The zero-order valence-corrected chi connectivity index (χ0v) is 16.2. The second-order valence-corrected chi connectivity index (χ2v) is 8.26. The van der Waals surface area contributed by atoms with E-state index in [2.05, 4.69) is 5.32 Å². The van der Waals surface area contributed by atoms with Crippen molar-refractivity contribution in [2.24, 2.45) is 5.41 Å². The molecule has 2 atom stereocenters. The zero-order valence-electron chi connectivity index (χ0n) is 16.2. The Hall–Kier alpha value is -3.33. The molecule has 152 valence electrons. The number of fused-ring (bicyclic) bond motifs is 5. The van der Waals surface area contributed by atoms with Crippen LogP contribution >= 0.6 is 0 Å². The number of hydrogen-bond acceptors (Lipinski definition) is 6. The molecule has 0 saturated carbocycles. The summed E-state index contributed by atoms with van der Waals surface area (Å²) >= 11 is 0. The van der Waals surface area contributed by atoms with Crippen molar-refractivity contribution in [3.05, 3.63) is 57.7 Å². The van der Waals surface area contributed by atoms with Crippen molar-refractivity contribution < 1.29 is 24.7 Å². The number of rotatable bonds is 4. The molecule has 2 bridgehead atoms. The van der Waals surface area contributed by atoms with Crippen LogP contribution in [0.2, 0.25) is 0 Å². The molecule has 1 aromatic carbocycles. The van der Waals surface area contributed by atoms with Gasteiger partial charge < -0.3 is 20.3 Å². The highest BCUT2D eigenvalue weighted by atomic mass is 16.6. The number of hydrogen-bond donors (Lipinski definition) is 3. The Morgan fingerprint density at radius 3 is 2.52 bits per heavy atom. The molecule has 9 heteroatoms. The van der Waals surface area contributed by atoms with Gasteiger partial charge >= 0.3 is 0 Å². The van der Waals surface area contributed by atoms with E-state index in [9.17, 15) is 25.1 Å². The molecule has 0 fully saturated rings. The van der Waals surface area contributed by atoms with Crippen LogP contribution in [0.15, 0.2) is 36.4 Å². The number of nitrogens with one attached hydrogen (secondary N) is 1. The van der Waals surface area contributed by atoms with Gasteiger partial charge in [-0.2, -0.15) is 0 Å². The monoisotopic (exact) mass is 399 g/mol. The quantitative estimate of drug-likeness (QED) is 0.412. The third-order valence-electron chi connectivity index (χ3n) is 5.25. The molecule has 9 nitrogen and oxygen atoms in total. The third-order valence-corrected chi connectivity index (χ3v) is 5.25. The van der Waals surface area contributed by atoms with E-state index in [0.29, 0.717) is 16.8 Å². The maximum Gasteiger partial charge on any atom is 0.269 e. The number of nitrogens with zero attached hydrogens (tertiary/aromatic N) is 2. The lowest BCUT2D eigenvalue weighted by Gasteiger charge is -2.27. The molecule has 2 aliphatic rings. The molecular formula is C20H21N3O6. The van der Waals surface area contributed by atoms with E-state index in [1.54, 1.807) is 32.9 Å². The molecule has 0 aliphatic carbocycles. The van der Waals surface area contributed by atoms with Gasteiger partial charge in [0.1, 0.15) is 11.7 Å². The van der Waals surface area contributed by atoms with Crippen LogP contribution in [0.3, 0.4) is 0 Å². The average molecular weight is 399 g/mol. The Kier molecular flexibility index (Phi) is 3.99. The predicted molar refractivity (Wildman–Crippen MR) is 103 cm³/mol. The molecule has 2 unspecified atom stereocenters. The number of carbonyl (C=O) groups excluding carboxylic acids is 1. The van der Waals surface area contributed by atoms with Crippen molar-refractivity contribution >= 4 is 11.6 Å². The van der Waals surface area contributed by atoms with E-state index in [0.717, 1.165) is 0 Å². The molecule has 1 aromatic heterocycles. The minimum Gasteiger partial charge on any atom is -0.494 e. The molecule has 1 amide bonds. The second kappa shape index (κ2) is 6.08. The van der Waals surface area contributed by atoms with Crippen LogP contribution in [0.5, 0.6) is 11.8 Å². The number of non-ortho nitro benzene ring substituents is 1. The topological polar surface area (TPSA) is 127 Å². The molecule has 2 aromatic rings. The summed E-state index contributed by atoms with van der Waals surface area (Å²) in [7, 11) is 0. The van der Waals surface area contributed by atoms with Gasteiger partial charge in [-0.1, -0.05) is 26.8 Å². The van der Waals surface area contributed by atoms with Crippen molar-refractivity contribution in [3.63, 3.8) is 0 Å². The smallest absolute Gasteiger partial charge is 0.269 e. The average Bonchev–Trinajstić information content (AvgIpc) is 3.29. The normalized spacial score (nSPS) is 22.0. The zero-order chi connectivity index (χ0) is 21.1. The number of benzene rings is 1. The highest BCUT2D eigenvalue weighted by molar-refractivity contribution is 5.81. The van der Waals surface area contributed by atoms with Crippen LogP contribution in [0.4, 0.5) is 5.69 Å². The number of ether oxygens (including phenoxy) is 1. The summed E-state index contributed by atoms with van der Waals surface area (Å²) in [5.74, 6) is -0.604. The number of aromatic nitrogens is 1. The number of amides is 1. The summed E-state index contributed by atoms with van der Waals surface area (Å²) in [5, 5.41) is 35.4. The minimum absolute atomic E-state index is 0.0976. The number of nitro groups is 1. The van der Waals surface area contributed by atoms with Crippen molar-refractivity contribution in [2.75, 3.05) is 6.54 Å². The fourth-order valence-corrected chi connectivity index (χ4v) is 3.73. The van der Waals surface area contributed by atoms with Crippen LogP contribution < -0.4 is 5.32 Å². The highest BCUT2D eigenvalue weighted by Gasteiger charge is 2.53. The lowest BCUT2D eigenvalue weighted by atomic mass is 9.88. The second-order valence-electron chi connectivity index (χ2n) is 8.26. The lowest BCUT2D eigenvalue weighted by Crippen LogP contribution is -2.43. The van der Waals surface area contributed by atoms with Gasteiger partial charge in [0.05, 0.1) is 28.3 Å². The van der Waals surface area contributed by atoms with Gasteiger partial charge in [0.2, 0.25) is 17.7 Å². The van der Waals surface area contributed by atoms with E-state index in [1.165, 1.54) is 28.8 Å². The highest BCUT2D eigenvalue weighted by Crippen LogP contribution is 2.58. The SMILES string of the molecule is CC(C)(C)C(=O)NCC12C=CC(O1)c1c2c(O)n(-c2ccc([N+](=O)[O-])cc2)c1O. The first-order chi connectivity index (χ1) is 13.5. The van der Waals surface area contributed by atoms with Crippen LogP contribution in [0.1, 0.15) is 38.0 Å². The van der Waals surface area contributed by atoms with E-state index < -0.39 is 22.0 Å². The maximum absolute atomic E-state index is 12.3. The minimum atomic E-state index is -1.09. The van der Waals surface area contributed by atoms with Crippen molar-refractivity contribution in [2.45, 2.75) is 32.5 Å². The fraction of sp³-hybridized carbons (Fsp3) is 0.350. The molecule has 4 rings (SSSR count). The molecule has 0 radical (unpaired) electrons.